The summed E-state index contributed by atoms with van der Waals surface area (Å²) in [5, 5.41) is 0. The summed E-state index contributed by atoms with van der Waals surface area (Å²) in [6, 6.07) is 0. The molecule has 2 atom stereocenters. The van der Waals surface area contributed by atoms with Crippen LogP contribution in [0.15, 0.2) is 36.5 Å². The normalized spacial score (nSPS) is 13.7. The molecule has 0 spiro atoms. The Morgan fingerprint density at radius 3 is 1.55 bits per heavy atom. The predicted molar refractivity (Wildman–Crippen MR) is 210 cm³/mol. The van der Waals surface area contributed by atoms with Crippen LogP contribution in [0.4, 0.5) is 0 Å². The van der Waals surface area contributed by atoms with Gasteiger partial charge in [0.1, 0.15) is 6.61 Å². The molecule has 0 saturated carbocycles. The number of hydrogen-bond acceptors (Lipinski definition) is 8. The van der Waals surface area contributed by atoms with Gasteiger partial charge >= 0.3 is 19.8 Å². The zero-order valence-corrected chi connectivity index (χ0v) is 33.5. The summed E-state index contributed by atoms with van der Waals surface area (Å²) in [6.45, 7) is 3.66. The number of rotatable bonds is 38. The minimum absolute atomic E-state index is 0.0468. The SMILES string of the molecule is CCCCCCCC/C=C/C/C=C/CCCCC(=O)OC[C@H](COP(=O)(O)OCCN)OC(=O)CCCCC/C=C/CCCCCCCCCC. The first-order valence-electron chi connectivity index (χ1n) is 20.5. The van der Waals surface area contributed by atoms with Crippen molar-refractivity contribution in [1.29, 1.82) is 0 Å². The van der Waals surface area contributed by atoms with Crippen LogP contribution in [0.5, 0.6) is 0 Å². The quantitative estimate of drug-likeness (QED) is 0.0274. The molecular weight excluding hydrogens is 665 g/mol. The van der Waals surface area contributed by atoms with Gasteiger partial charge in [-0.05, 0) is 70.6 Å². The maximum absolute atomic E-state index is 12.5. The van der Waals surface area contributed by atoms with Gasteiger partial charge in [0.25, 0.3) is 0 Å². The number of phosphoric ester groups is 1. The standard InChI is InChI=1S/C41H76NO8P/c1-3-5-7-9-11-13-15-17-19-21-23-25-27-29-31-33-40(43)47-37-39(38-49-51(45,46)48-36-35-42)50-41(44)34-32-30-28-26-24-22-20-18-16-14-12-10-8-6-4-2/h17,19,22-25,39H,3-16,18,20-21,26-38,42H2,1-2H3,(H,45,46)/b19-17+,24-22+,25-23+/t39-/m1/s1. The van der Waals surface area contributed by atoms with Crippen molar-refractivity contribution in [3.05, 3.63) is 36.5 Å². The summed E-state index contributed by atoms with van der Waals surface area (Å²) in [4.78, 5) is 34.7. The number of unbranched alkanes of at least 4 members (excludes halogenated alkanes) is 19. The van der Waals surface area contributed by atoms with Gasteiger partial charge in [-0.15, -0.1) is 0 Å². The van der Waals surface area contributed by atoms with Crippen molar-refractivity contribution in [2.75, 3.05) is 26.4 Å². The average Bonchev–Trinajstić information content (AvgIpc) is 3.11. The molecule has 0 aromatic rings. The highest BCUT2D eigenvalue weighted by atomic mass is 31.2. The molecule has 0 aliphatic carbocycles. The van der Waals surface area contributed by atoms with E-state index in [1.165, 1.54) is 89.9 Å². The first kappa shape index (κ1) is 49.2. The number of carbonyl (C=O) groups excluding carboxylic acids is 2. The van der Waals surface area contributed by atoms with Crippen LogP contribution < -0.4 is 5.73 Å². The van der Waals surface area contributed by atoms with Crippen LogP contribution >= 0.6 is 7.82 Å². The van der Waals surface area contributed by atoms with E-state index in [4.69, 9.17) is 24.3 Å². The van der Waals surface area contributed by atoms with Crippen LogP contribution in [-0.2, 0) is 32.7 Å². The van der Waals surface area contributed by atoms with Crippen LogP contribution in [0, 0.1) is 0 Å². The molecule has 0 rings (SSSR count). The van der Waals surface area contributed by atoms with Gasteiger partial charge in [0.05, 0.1) is 13.2 Å². The largest absolute Gasteiger partial charge is 0.472 e. The van der Waals surface area contributed by atoms with E-state index in [9.17, 15) is 19.0 Å². The van der Waals surface area contributed by atoms with Crippen molar-refractivity contribution in [3.63, 3.8) is 0 Å². The van der Waals surface area contributed by atoms with E-state index in [0.717, 1.165) is 51.4 Å². The summed E-state index contributed by atoms with van der Waals surface area (Å²) in [6.07, 6.45) is 40.3. The molecule has 0 heterocycles. The van der Waals surface area contributed by atoms with Gasteiger partial charge in [-0.3, -0.25) is 18.6 Å². The van der Waals surface area contributed by atoms with E-state index >= 15 is 0 Å². The Morgan fingerprint density at radius 2 is 1.02 bits per heavy atom. The summed E-state index contributed by atoms with van der Waals surface area (Å²) in [5.41, 5.74) is 5.33. The first-order chi connectivity index (χ1) is 24.8. The Balaban J connectivity index is 4.27. The Morgan fingerprint density at radius 1 is 0.588 bits per heavy atom. The molecule has 0 aliphatic rings. The van der Waals surface area contributed by atoms with Gasteiger partial charge in [-0.25, -0.2) is 4.57 Å². The van der Waals surface area contributed by atoms with Crippen LogP contribution in [-0.4, -0.2) is 49.3 Å². The molecule has 0 aliphatic heterocycles. The highest BCUT2D eigenvalue weighted by Crippen LogP contribution is 2.43. The van der Waals surface area contributed by atoms with E-state index in [1.54, 1.807) is 0 Å². The predicted octanol–water partition coefficient (Wildman–Crippen LogP) is 11.4. The highest BCUT2D eigenvalue weighted by Gasteiger charge is 2.25. The van der Waals surface area contributed by atoms with Crippen molar-refractivity contribution in [1.82, 2.24) is 0 Å². The van der Waals surface area contributed by atoms with Gasteiger partial charge in [0, 0.05) is 19.4 Å². The van der Waals surface area contributed by atoms with E-state index in [-0.39, 0.29) is 32.6 Å². The third kappa shape index (κ3) is 37.8. The second-order valence-corrected chi connectivity index (χ2v) is 14.9. The molecule has 0 saturated heterocycles. The molecule has 1 unspecified atom stereocenters. The summed E-state index contributed by atoms with van der Waals surface area (Å²) >= 11 is 0. The van der Waals surface area contributed by atoms with Crippen molar-refractivity contribution in [2.24, 2.45) is 5.73 Å². The fourth-order valence-corrected chi connectivity index (χ4v) is 6.19. The van der Waals surface area contributed by atoms with Crippen molar-refractivity contribution >= 4 is 19.8 Å². The number of esters is 2. The lowest BCUT2D eigenvalue weighted by molar-refractivity contribution is -0.161. The highest BCUT2D eigenvalue weighted by molar-refractivity contribution is 7.47. The smallest absolute Gasteiger partial charge is 0.462 e. The summed E-state index contributed by atoms with van der Waals surface area (Å²) in [5.74, 6) is -0.885. The molecule has 51 heavy (non-hydrogen) atoms. The lowest BCUT2D eigenvalue weighted by Gasteiger charge is -2.19. The first-order valence-corrected chi connectivity index (χ1v) is 22.0. The molecule has 298 valence electrons. The number of hydrogen-bond donors (Lipinski definition) is 2. The molecule has 9 nitrogen and oxygen atoms in total. The minimum Gasteiger partial charge on any atom is -0.462 e. The molecule has 10 heteroatoms. The lowest BCUT2D eigenvalue weighted by atomic mass is 10.1. The topological polar surface area (TPSA) is 134 Å². The zero-order chi connectivity index (χ0) is 37.5. The van der Waals surface area contributed by atoms with Gasteiger partial charge in [0.2, 0.25) is 0 Å². The summed E-state index contributed by atoms with van der Waals surface area (Å²) < 4.78 is 32.6. The van der Waals surface area contributed by atoms with Gasteiger partial charge in [-0.2, -0.15) is 0 Å². The minimum atomic E-state index is -4.38. The maximum atomic E-state index is 12.5. The molecule has 0 radical (unpaired) electrons. The molecule has 0 fully saturated rings. The van der Waals surface area contributed by atoms with Gasteiger partial charge in [0.15, 0.2) is 6.10 Å². The monoisotopic (exact) mass is 742 g/mol. The molecule has 3 N–H and O–H groups in total. The van der Waals surface area contributed by atoms with E-state index in [1.807, 2.05) is 0 Å². The average molecular weight is 742 g/mol. The molecular formula is C41H76NO8P. The van der Waals surface area contributed by atoms with Crippen LogP contribution in [0.25, 0.3) is 0 Å². The zero-order valence-electron chi connectivity index (χ0n) is 32.6. The Labute approximate surface area is 312 Å². The van der Waals surface area contributed by atoms with Gasteiger partial charge < -0.3 is 20.1 Å². The number of carbonyl (C=O) groups is 2. The molecule has 0 amide bonds. The number of phosphoric acid groups is 1. The lowest BCUT2D eigenvalue weighted by Crippen LogP contribution is -2.29. The van der Waals surface area contributed by atoms with Crippen molar-refractivity contribution in [3.8, 4) is 0 Å². The number of nitrogens with two attached hydrogens (primary N) is 1. The third-order valence-corrected chi connectivity index (χ3v) is 9.48. The van der Waals surface area contributed by atoms with E-state index in [2.05, 4.69) is 50.3 Å². The Bertz CT molecular complexity index is 939. The molecule has 0 aromatic heterocycles. The van der Waals surface area contributed by atoms with Crippen molar-refractivity contribution < 1.29 is 37.6 Å². The maximum Gasteiger partial charge on any atom is 0.472 e. The van der Waals surface area contributed by atoms with Crippen molar-refractivity contribution in [2.45, 2.75) is 187 Å². The fourth-order valence-electron chi connectivity index (χ4n) is 5.42. The molecule has 0 aromatic carbocycles. The second kappa shape index (κ2) is 38.0. The summed E-state index contributed by atoms with van der Waals surface area (Å²) in [7, 11) is -4.38. The Hall–Kier alpha value is -1.77. The van der Waals surface area contributed by atoms with Crippen LogP contribution in [0.1, 0.15) is 181 Å². The van der Waals surface area contributed by atoms with Crippen LogP contribution in [0.3, 0.4) is 0 Å². The Kier molecular flexibility index (Phi) is 36.7. The van der Waals surface area contributed by atoms with E-state index < -0.39 is 32.5 Å². The fraction of sp³-hybridized carbons (Fsp3) is 0.805. The van der Waals surface area contributed by atoms with E-state index in [0.29, 0.717) is 12.8 Å². The van der Waals surface area contributed by atoms with Gasteiger partial charge in [-0.1, -0.05) is 134 Å². The second-order valence-electron chi connectivity index (χ2n) is 13.5. The third-order valence-electron chi connectivity index (χ3n) is 8.50. The number of allylic oxidation sites excluding steroid dienone is 6. The van der Waals surface area contributed by atoms with Crippen LogP contribution in [0.2, 0.25) is 0 Å². The number of ether oxygens (including phenoxy) is 2. The molecule has 0 bridgehead atoms.